The van der Waals surface area contributed by atoms with Gasteiger partial charge in [-0.1, -0.05) is 48.5 Å². The quantitative estimate of drug-likeness (QED) is 0.760. The molecule has 0 bridgehead atoms. The fourth-order valence-corrected chi connectivity index (χ4v) is 2.06. The first-order valence-corrected chi connectivity index (χ1v) is 6.12. The Kier molecular flexibility index (Phi) is 3.01. The molecule has 0 amide bonds. The van der Waals surface area contributed by atoms with Crippen molar-refractivity contribution in [2.45, 2.75) is 12.5 Å². The van der Waals surface area contributed by atoms with Crippen LogP contribution < -0.4 is 0 Å². The Morgan fingerprint density at radius 3 is 2.56 bits per heavy atom. The summed E-state index contributed by atoms with van der Waals surface area (Å²) in [6.07, 6.45) is 4.76. The van der Waals surface area contributed by atoms with Gasteiger partial charge < -0.3 is 0 Å². The molecule has 2 aromatic carbocycles. The van der Waals surface area contributed by atoms with Gasteiger partial charge in [0.25, 0.3) is 0 Å². The molecule has 0 N–H and O–H groups in total. The predicted octanol–water partition coefficient (Wildman–Crippen LogP) is 3.43. The van der Waals surface area contributed by atoms with Crippen LogP contribution in [0.1, 0.15) is 11.1 Å². The SMILES string of the molecule is C1=Nc2ccccc2C=NC1Cc1ccccc1. The highest BCUT2D eigenvalue weighted by atomic mass is 14.8. The zero-order valence-electron chi connectivity index (χ0n) is 10.0. The fourth-order valence-electron chi connectivity index (χ4n) is 2.06. The summed E-state index contributed by atoms with van der Waals surface area (Å²) >= 11 is 0. The van der Waals surface area contributed by atoms with Crippen LogP contribution in [0.25, 0.3) is 0 Å². The van der Waals surface area contributed by atoms with Crippen molar-refractivity contribution in [2.75, 3.05) is 0 Å². The third kappa shape index (κ3) is 2.38. The Morgan fingerprint density at radius 2 is 1.67 bits per heavy atom. The predicted molar refractivity (Wildman–Crippen MR) is 76.1 cm³/mol. The van der Waals surface area contributed by atoms with Crippen molar-refractivity contribution >= 4 is 18.1 Å². The van der Waals surface area contributed by atoms with Crippen LogP contribution in [0.5, 0.6) is 0 Å². The maximum atomic E-state index is 4.59. The summed E-state index contributed by atoms with van der Waals surface area (Å²) in [5, 5.41) is 0. The zero-order valence-corrected chi connectivity index (χ0v) is 10.0. The molecule has 0 saturated heterocycles. The molecule has 2 nitrogen and oxygen atoms in total. The van der Waals surface area contributed by atoms with Gasteiger partial charge >= 0.3 is 0 Å². The van der Waals surface area contributed by atoms with Crippen molar-refractivity contribution in [3.8, 4) is 0 Å². The van der Waals surface area contributed by atoms with Gasteiger partial charge in [-0.05, 0) is 18.1 Å². The minimum atomic E-state index is 0.125. The van der Waals surface area contributed by atoms with Gasteiger partial charge in [-0.3, -0.25) is 9.98 Å². The third-order valence-electron chi connectivity index (χ3n) is 3.02. The number of nitrogens with zero attached hydrogens (tertiary/aromatic N) is 2. The summed E-state index contributed by atoms with van der Waals surface area (Å²) in [5.74, 6) is 0. The van der Waals surface area contributed by atoms with Crippen LogP contribution >= 0.6 is 0 Å². The first kappa shape index (κ1) is 10.9. The van der Waals surface area contributed by atoms with Crippen molar-refractivity contribution in [1.82, 2.24) is 0 Å². The van der Waals surface area contributed by atoms with Crippen LogP contribution in [0.4, 0.5) is 5.69 Å². The monoisotopic (exact) mass is 234 g/mol. The van der Waals surface area contributed by atoms with Gasteiger partial charge in [-0.25, -0.2) is 0 Å². The van der Waals surface area contributed by atoms with E-state index in [2.05, 4.69) is 34.3 Å². The zero-order chi connectivity index (χ0) is 12.2. The van der Waals surface area contributed by atoms with Crippen molar-refractivity contribution in [3.63, 3.8) is 0 Å². The van der Waals surface area contributed by atoms with Crippen LogP contribution in [0.3, 0.4) is 0 Å². The Balaban J connectivity index is 1.82. The second kappa shape index (κ2) is 4.96. The lowest BCUT2D eigenvalue weighted by Crippen LogP contribution is -2.09. The van der Waals surface area contributed by atoms with Gasteiger partial charge in [0.2, 0.25) is 0 Å². The average molecular weight is 234 g/mol. The first-order valence-electron chi connectivity index (χ1n) is 6.12. The van der Waals surface area contributed by atoms with E-state index in [4.69, 9.17) is 0 Å². The number of rotatable bonds is 2. The van der Waals surface area contributed by atoms with E-state index in [0.717, 1.165) is 17.7 Å². The van der Waals surface area contributed by atoms with Crippen LogP contribution in [0.15, 0.2) is 64.6 Å². The second-order valence-electron chi connectivity index (χ2n) is 4.37. The highest BCUT2D eigenvalue weighted by Gasteiger charge is 2.08. The molecule has 0 aromatic heterocycles. The molecule has 88 valence electrons. The van der Waals surface area contributed by atoms with Crippen LogP contribution in [0.2, 0.25) is 0 Å². The van der Waals surface area contributed by atoms with Crippen molar-refractivity contribution in [1.29, 1.82) is 0 Å². The molecular weight excluding hydrogens is 220 g/mol. The number of fused-ring (bicyclic) bond motifs is 1. The number of para-hydroxylation sites is 1. The molecule has 1 unspecified atom stereocenters. The molecule has 2 heteroatoms. The molecule has 3 rings (SSSR count). The third-order valence-corrected chi connectivity index (χ3v) is 3.02. The highest BCUT2D eigenvalue weighted by molar-refractivity contribution is 5.91. The van der Waals surface area contributed by atoms with Crippen LogP contribution in [0, 0.1) is 0 Å². The maximum Gasteiger partial charge on any atom is 0.0891 e. The Morgan fingerprint density at radius 1 is 0.889 bits per heavy atom. The normalized spacial score (nSPS) is 17.2. The van der Waals surface area contributed by atoms with Crippen molar-refractivity contribution < 1.29 is 0 Å². The molecule has 18 heavy (non-hydrogen) atoms. The lowest BCUT2D eigenvalue weighted by atomic mass is 10.1. The fraction of sp³-hybridized carbons (Fsp3) is 0.125. The first-order chi connectivity index (χ1) is 8.92. The Hall–Kier alpha value is -2.22. The summed E-state index contributed by atoms with van der Waals surface area (Å²) in [4.78, 5) is 9.10. The van der Waals surface area contributed by atoms with Gasteiger partial charge in [0.1, 0.15) is 0 Å². The highest BCUT2D eigenvalue weighted by Crippen LogP contribution is 2.19. The summed E-state index contributed by atoms with van der Waals surface area (Å²) < 4.78 is 0. The summed E-state index contributed by atoms with van der Waals surface area (Å²) in [6, 6.07) is 18.6. The molecule has 1 atom stereocenters. The molecule has 2 aromatic rings. The summed E-state index contributed by atoms with van der Waals surface area (Å²) in [7, 11) is 0. The molecule has 1 aliphatic rings. The van der Waals surface area contributed by atoms with E-state index in [9.17, 15) is 0 Å². The molecule has 0 spiro atoms. The Labute approximate surface area is 107 Å². The smallest absolute Gasteiger partial charge is 0.0891 e. The average Bonchev–Trinajstić information content (AvgIpc) is 2.63. The number of aliphatic imine (C=N–C) groups is 2. The van der Waals surface area contributed by atoms with Gasteiger partial charge in [-0.15, -0.1) is 0 Å². The summed E-state index contributed by atoms with van der Waals surface area (Å²) in [5.41, 5.74) is 3.37. The summed E-state index contributed by atoms with van der Waals surface area (Å²) in [6.45, 7) is 0. The van der Waals surface area contributed by atoms with E-state index in [1.165, 1.54) is 5.56 Å². The van der Waals surface area contributed by atoms with Crippen LogP contribution in [-0.2, 0) is 6.42 Å². The maximum absolute atomic E-state index is 4.59. The molecule has 0 fully saturated rings. The van der Waals surface area contributed by atoms with E-state index in [1.807, 2.05) is 42.8 Å². The lowest BCUT2D eigenvalue weighted by Gasteiger charge is -2.05. The van der Waals surface area contributed by atoms with E-state index >= 15 is 0 Å². The van der Waals surface area contributed by atoms with Gasteiger partial charge in [-0.2, -0.15) is 0 Å². The number of benzene rings is 2. The van der Waals surface area contributed by atoms with E-state index in [0.29, 0.717) is 0 Å². The Bertz CT molecular complexity index is 552. The van der Waals surface area contributed by atoms with Crippen molar-refractivity contribution in [2.24, 2.45) is 9.98 Å². The molecule has 1 heterocycles. The minimum absolute atomic E-state index is 0.125. The van der Waals surface area contributed by atoms with Gasteiger partial charge in [0, 0.05) is 18.0 Å². The van der Waals surface area contributed by atoms with E-state index in [1.54, 1.807) is 0 Å². The van der Waals surface area contributed by atoms with E-state index in [-0.39, 0.29) is 6.04 Å². The molecule has 0 radical (unpaired) electrons. The molecule has 0 saturated carbocycles. The second-order valence-corrected chi connectivity index (χ2v) is 4.37. The van der Waals surface area contributed by atoms with Gasteiger partial charge in [0.15, 0.2) is 0 Å². The standard InChI is InChI=1S/C16H14N2/c1-2-6-13(7-3-1)10-15-12-18-16-9-5-4-8-14(16)11-17-15/h1-9,11-12,15H,10H2. The molecule has 1 aliphatic heterocycles. The topological polar surface area (TPSA) is 24.7 Å². The van der Waals surface area contributed by atoms with Crippen molar-refractivity contribution in [3.05, 3.63) is 65.7 Å². The largest absolute Gasteiger partial charge is 0.283 e. The lowest BCUT2D eigenvalue weighted by molar-refractivity contribution is 0.872. The molecular formula is C16H14N2. The molecule has 0 aliphatic carbocycles. The number of hydrogen-bond donors (Lipinski definition) is 0. The van der Waals surface area contributed by atoms with E-state index < -0.39 is 0 Å². The number of hydrogen-bond acceptors (Lipinski definition) is 2. The van der Waals surface area contributed by atoms with Gasteiger partial charge in [0.05, 0.1) is 11.7 Å². The minimum Gasteiger partial charge on any atom is -0.283 e. The van der Waals surface area contributed by atoms with Crippen LogP contribution in [-0.4, -0.2) is 18.5 Å².